The van der Waals surface area contributed by atoms with Gasteiger partial charge in [-0.3, -0.25) is 9.59 Å². The maximum Gasteiger partial charge on any atom is 0.225 e. The molecular formula is C16H21ClN2O3. The maximum absolute atomic E-state index is 12.0. The zero-order chi connectivity index (χ0) is 15.9. The largest absolute Gasteiger partial charge is 0.385 e. The lowest BCUT2D eigenvalue weighted by Crippen LogP contribution is -2.33. The fourth-order valence-electron chi connectivity index (χ4n) is 2.48. The standard InChI is InChI=1S/C16H21ClN2O3/c1-22-8-2-7-18-16(21)13-9-15(20)19(11-13)10-12-3-5-14(17)6-4-12/h3-6,13H,2,7-11H2,1H3,(H,18,21). The molecule has 1 aromatic rings. The van der Waals surface area contributed by atoms with Gasteiger partial charge in [0.15, 0.2) is 0 Å². The second kappa shape index (κ2) is 8.15. The quantitative estimate of drug-likeness (QED) is 0.779. The molecule has 0 bridgehead atoms. The van der Waals surface area contributed by atoms with Gasteiger partial charge in [0.05, 0.1) is 5.92 Å². The fraction of sp³-hybridized carbons (Fsp3) is 0.500. The molecule has 1 aromatic carbocycles. The Morgan fingerprint density at radius 1 is 1.41 bits per heavy atom. The lowest BCUT2D eigenvalue weighted by molar-refractivity contribution is -0.129. The van der Waals surface area contributed by atoms with Crippen molar-refractivity contribution in [3.8, 4) is 0 Å². The van der Waals surface area contributed by atoms with Gasteiger partial charge >= 0.3 is 0 Å². The van der Waals surface area contributed by atoms with E-state index in [0.29, 0.717) is 31.3 Å². The Bertz CT molecular complexity index is 519. The first-order valence-electron chi connectivity index (χ1n) is 7.39. The number of amides is 2. The number of hydrogen-bond acceptors (Lipinski definition) is 3. The number of rotatable bonds is 7. The summed E-state index contributed by atoms with van der Waals surface area (Å²) in [6.45, 7) is 2.18. The monoisotopic (exact) mass is 324 g/mol. The Balaban J connectivity index is 1.82. The minimum atomic E-state index is -0.262. The predicted octanol–water partition coefficient (Wildman–Crippen LogP) is 1.84. The molecule has 1 unspecified atom stereocenters. The molecule has 1 saturated heterocycles. The second-order valence-corrected chi connectivity index (χ2v) is 5.88. The van der Waals surface area contributed by atoms with Crippen LogP contribution >= 0.6 is 11.6 Å². The number of carbonyl (C=O) groups is 2. The van der Waals surface area contributed by atoms with Gasteiger partial charge in [0.25, 0.3) is 0 Å². The number of likely N-dealkylation sites (tertiary alicyclic amines) is 1. The van der Waals surface area contributed by atoms with Gasteiger partial charge in [0, 0.05) is 44.8 Å². The van der Waals surface area contributed by atoms with Crippen LogP contribution in [0.5, 0.6) is 0 Å². The number of nitrogens with one attached hydrogen (secondary N) is 1. The van der Waals surface area contributed by atoms with E-state index in [4.69, 9.17) is 16.3 Å². The average Bonchev–Trinajstić information content (AvgIpc) is 2.87. The van der Waals surface area contributed by atoms with E-state index in [1.54, 1.807) is 24.1 Å². The molecule has 0 aliphatic carbocycles. The molecule has 2 amide bonds. The molecule has 5 nitrogen and oxygen atoms in total. The van der Waals surface area contributed by atoms with Crippen LogP contribution in [0.15, 0.2) is 24.3 Å². The van der Waals surface area contributed by atoms with Crippen LogP contribution in [0.25, 0.3) is 0 Å². The van der Waals surface area contributed by atoms with Crippen molar-refractivity contribution < 1.29 is 14.3 Å². The van der Waals surface area contributed by atoms with Gasteiger partial charge < -0.3 is 15.0 Å². The maximum atomic E-state index is 12.0. The fourth-order valence-corrected chi connectivity index (χ4v) is 2.61. The summed E-state index contributed by atoms with van der Waals surface area (Å²) in [7, 11) is 1.63. The van der Waals surface area contributed by atoms with Crippen molar-refractivity contribution in [2.75, 3.05) is 26.8 Å². The Kier molecular flexibility index (Phi) is 6.21. The third-order valence-corrected chi connectivity index (χ3v) is 3.95. The number of hydrogen-bond donors (Lipinski definition) is 1. The van der Waals surface area contributed by atoms with Crippen LogP contribution in [0.1, 0.15) is 18.4 Å². The zero-order valence-electron chi connectivity index (χ0n) is 12.7. The molecule has 1 N–H and O–H groups in total. The van der Waals surface area contributed by atoms with Crippen molar-refractivity contribution in [1.82, 2.24) is 10.2 Å². The van der Waals surface area contributed by atoms with E-state index in [2.05, 4.69) is 5.32 Å². The Hall–Kier alpha value is -1.59. The van der Waals surface area contributed by atoms with E-state index in [9.17, 15) is 9.59 Å². The highest BCUT2D eigenvalue weighted by atomic mass is 35.5. The molecule has 1 fully saturated rings. The third kappa shape index (κ3) is 4.71. The summed E-state index contributed by atoms with van der Waals surface area (Å²) in [5.74, 6) is -0.294. The first-order valence-corrected chi connectivity index (χ1v) is 7.77. The zero-order valence-corrected chi connectivity index (χ0v) is 13.4. The molecule has 2 rings (SSSR count). The van der Waals surface area contributed by atoms with Gasteiger partial charge in [-0.2, -0.15) is 0 Å². The van der Waals surface area contributed by atoms with Gasteiger partial charge in [-0.25, -0.2) is 0 Å². The lowest BCUT2D eigenvalue weighted by Gasteiger charge is -2.16. The van der Waals surface area contributed by atoms with Gasteiger partial charge in [-0.15, -0.1) is 0 Å². The number of ether oxygens (including phenoxy) is 1. The Labute approximate surface area is 135 Å². The summed E-state index contributed by atoms with van der Waals surface area (Å²) < 4.78 is 4.93. The van der Waals surface area contributed by atoms with Crippen molar-refractivity contribution in [2.24, 2.45) is 5.92 Å². The van der Waals surface area contributed by atoms with Crippen LogP contribution < -0.4 is 5.32 Å². The van der Waals surface area contributed by atoms with E-state index in [0.717, 1.165) is 12.0 Å². The molecule has 0 spiro atoms. The molecular weight excluding hydrogens is 304 g/mol. The second-order valence-electron chi connectivity index (χ2n) is 5.44. The first kappa shape index (κ1) is 16.8. The molecule has 0 radical (unpaired) electrons. The number of benzene rings is 1. The summed E-state index contributed by atoms with van der Waals surface area (Å²) in [5, 5.41) is 3.53. The first-order chi connectivity index (χ1) is 10.6. The smallest absolute Gasteiger partial charge is 0.225 e. The topological polar surface area (TPSA) is 58.6 Å². The Morgan fingerprint density at radius 3 is 2.82 bits per heavy atom. The SMILES string of the molecule is COCCCNC(=O)C1CC(=O)N(Cc2ccc(Cl)cc2)C1. The molecule has 22 heavy (non-hydrogen) atoms. The van der Waals surface area contributed by atoms with Crippen LogP contribution in [0, 0.1) is 5.92 Å². The number of carbonyl (C=O) groups excluding carboxylic acids is 2. The molecule has 1 atom stereocenters. The molecule has 0 saturated carbocycles. The van der Waals surface area contributed by atoms with Crippen molar-refractivity contribution in [2.45, 2.75) is 19.4 Å². The number of methoxy groups -OCH3 is 1. The van der Waals surface area contributed by atoms with Crippen molar-refractivity contribution in [3.05, 3.63) is 34.9 Å². The van der Waals surface area contributed by atoms with Crippen LogP contribution in [-0.2, 0) is 20.9 Å². The van der Waals surface area contributed by atoms with E-state index < -0.39 is 0 Å². The highest BCUT2D eigenvalue weighted by Crippen LogP contribution is 2.21. The van der Waals surface area contributed by atoms with Gasteiger partial charge in [0.2, 0.25) is 11.8 Å². The molecule has 6 heteroatoms. The van der Waals surface area contributed by atoms with Crippen LogP contribution in [0.2, 0.25) is 5.02 Å². The predicted molar refractivity (Wildman–Crippen MR) is 84.5 cm³/mol. The van der Waals surface area contributed by atoms with Crippen LogP contribution in [0.3, 0.4) is 0 Å². The highest BCUT2D eigenvalue weighted by molar-refractivity contribution is 6.30. The number of halogens is 1. The molecule has 1 aliphatic rings. The molecule has 1 heterocycles. The average molecular weight is 325 g/mol. The number of nitrogens with zero attached hydrogens (tertiary/aromatic N) is 1. The van der Waals surface area contributed by atoms with E-state index in [1.807, 2.05) is 12.1 Å². The molecule has 1 aliphatic heterocycles. The normalized spacial score (nSPS) is 17.8. The minimum absolute atomic E-state index is 0.0204. The molecule has 120 valence electrons. The van der Waals surface area contributed by atoms with E-state index in [1.165, 1.54) is 0 Å². The van der Waals surface area contributed by atoms with Gasteiger partial charge in [0.1, 0.15) is 0 Å². The third-order valence-electron chi connectivity index (χ3n) is 3.70. The molecule has 0 aromatic heterocycles. The summed E-state index contributed by atoms with van der Waals surface area (Å²) in [5.41, 5.74) is 1.01. The summed E-state index contributed by atoms with van der Waals surface area (Å²) >= 11 is 5.85. The van der Waals surface area contributed by atoms with Gasteiger partial charge in [-0.1, -0.05) is 23.7 Å². The van der Waals surface area contributed by atoms with Crippen molar-refractivity contribution >= 4 is 23.4 Å². The van der Waals surface area contributed by atoms with E-state index in [-0.39, 0.29) is 24.2 Å². The van der Waals surface area contributed by atoms with Crippen molar-refractivity contribution in [1.29, 1.82) is 0 Å². The van der Waals surface area contributed by atoms with E-state index >= 15 is 0 Å². The van der Waals surface area contributed by atoms with Crippen LogP contribution in [0.4, 0.5) is 0 Å². The summed E-state index contributed by atoms with van der Waals surface area (Å²) in [4.78, 5) is 25.8. The Morgan fingerprint density at radius 2 is 2.14 bits per heavy atom. The lowest BCUT2D eigenvalue weighted by atomic mass is 10.1. The summed E-state index contributed by atoms with van der Waals surface area (Å²) in [6.07, 6.45) is 1.06. The van der Waals surface area contributed by atoms with Crippen molar-refractivity contribution in [3.63, 3.8) is 0 Å². The highest BCUT2D eigenvalue weighted by Gasteiger charge is 2.33. The minimum Gasteiger partial charge on any atom is -0.385 e. The van der Waals surface area contributed by atoms with Gasteiger partial charge in [-0.05, 0) is 24.1 Å². The van der Waals surface area contributed by atoms with Crippen LogP contribution in [-0.4, -0.2) is 43.5 Å². The summed E-state index contributed by atoms with van der Waals surface area (Å²) in [6, 6.07) is 7.40.